The fourth-order valence-electron chi connectivity index (χ4n) is 2.41. The van der Waals surface area contributed by atoms with Crippen molar-refractivity contribution in [1.29, 1.82) is 0 Å². The minimum absolute atomic E-state index is 0.317. The van der Waals surface area contributed by atoms with Crippen LogP contribution in [0.5, 0.6) is 0 Å². The number of carboxylic acid groups (broad SMARTS) is 1. The highest BCUT2D eigenvalue weighted by atomic mass is 16.4. The Hall–Kier alpha value is -3.16. The SMILES string of the molecule is CC(C(=O)O)C(NC(=O)Cn1ccc(=O)n(C)c1=O)c1ccccc1. The first-order valence-electron chi connectivity index (χ1n) is 7.65. The third-order valence-electron chi connectivity index (χ3n) is 3.94. The quantitative estimate of drug-likeness (QED) is 0.773. The van der Waals surface area contributed by atoms with Crippen LogP contribution in [0.2, 0.25) is 0 Å². The van der Waals surface area contributed by atoms with Gasteiger partial charge in [0, 0.05) is 19.3 Å². The molecule has 1 aromatic heterocycles. The number of rotatable bonds is 6. The lowest BCUT2D eigenvalue weighted by Gasteiger charge is -2.23. The van der Waals surface area contributed by atoms with Crippen LogP contribution in [0.1, 0.15) is 18.5 Å². The molecule has 8 heteroatoms. The molecule has 8 nitrogen and oxygen atoms in total. The van der Waals surface area contributed by atoms with Gasteiger partial charge in [-0.3, -0.25) is 23.5 Å². The molecule has 1 amide bonds. The number of nitrogens with zero attached hydrogens (tertiary/aromatic N) is 2. The van der Waals surface area contributed by atoms with Gasteiger partial charge in [-0.1, -0.05) is 30.3 Å². The van der Waals surface area contributed by atoms with Gasteiger partial charge in [0.25, 0.3) is 5.56 Å². The monoisotopic (exact) mass is 345 g/mol. The van der Waals surface area contributed by atoms with Crippen LogP contribution in [-0.2, 0) is 23.2 Å². The van der Waals surface area contributed by atoms with E-state index in [1.807, 2.05) is 0 Å². The number of aliphatic carboxylic acids is 1. The van der Waals surface area contributed by atoms with E-state index in [0.29, 0.717) is 5.56 Å². The molecular weight excluding hydrogens is 326 g/mol. The summed E-state index contributed by atoms with van der Waals surface area (Å²) in [6.45, 7) is 1.18. The lowest BCUT2D eigenvalue weighted by molar-refractivity contribution is -0.142. The van der Waals surface area contributed by atoms with Crippen molar-refractivity contribution in [3.63, 3.8) is 0 Å². The Bertz CT molecular complexity index is 885. The van der Waals surface area contributed by atoms with Crippen molar-refractivity contribution in [3.8, 4) is 0 Å². The van der Waals surface area contributed by atoms with Gasteiger partial charge < -0.3 is 10.4 Å². The maximum absolute atomic E-state index is 12.3. The number of carboxylic acids is 1. The topological polar surface area (TPSA) is 110 Å². The highest BCUT2D eigenvalue weighted by Crippen LogP contribution is 2.22. The zero-order valence-electron chi connectivity index (χ0n) is 13.9. The van der Waals surface area contributed by atoms with Crippen LogP contribution in [0.3, 0.4) is 0 Å². The third-order valence-corrected chi connectivity index (χ3v) is 3.94. The van der Waals surface area contributed by atoms with Crippen molar-refractivity contribution < 1.29 is 14.7 Å². The Labute approximate surface area is 143 Å². The number of amides is 1. The second kappa shape index (κ2) is 7.61. The van der Waals surface area contributed by atoms with Crippen LogP contribution >= 0.6 is 0 Å². The van der Waals surface area contributed by atoms with Gasteiger partial charge in [-0.05, 0) is 12.5 Å². The molecule has 2 aromatic rings. The molecule has 0 bridgehead atoms. The zero-order chi connectivity index (χ0) is 18.6. The summed E-state index contributed by atoms with van der Waals surface area (Å²) in [5.74, 6) is -2.43. The van der Waals surface area contributed by atoms with Crippen molar-refractivity contribution in [1.82, 2.24) is 14.5 Å². The van der Waals surface area contributed by atoms with Gasteiger partial charge in [0.05, 0.1) is 12.0 Å². The van der Waals surface area contributed by atoms with Gasteiger partial charge in [0.2, 0.25) is 5.91 Å². The second-order valence-electron chi connectivity index (χ2n) is 5.71. The molecule has 1 aromatic carbocycles. The Morgan fingerprint density at radius 1 is 1.16 bits per heavy atom. The lowest BCUT2D eigenvalue weighted by atomic mass is 9.94. The van der Waals surface area contributed by atoms with E-state index < -0.39 is 35.1 Å². The summed E-state index contributed by atoms with van der Waals surface area (Å²) in [6.07, 6.45) is 1.24. The Balaban J connectivity index is 2.23. The first-order chi connectivity index (χ1) is 11.8. The van der Waals surface area contributed by atoms with E-state index in [-0.39, 0.29) is 6.54 Å². The summed E-state index contributed by atoms with van der Waals surface area (Å²) >= 11 is 0. The van der Waals surface area contributed by atoms with Crippen molar-refractivity contribution in [2.75, 3.05) is 0 Å². The molecule has 0 aliphatic rings. The molecule has 0 saturated carbocycles. The predicted molar refractivity (Wildman–Crippen MR) is 90.1 cm³/mol. The molecule has 0 saturated heterocycles. The average molecular weight is 345 g/mol. The summed E-state index contributed by atoms with van der Waals surface area (Å²) in [6, 6.07) is 9.18. The molecular formula is C17H19N3O5. The summed E-state index contributed by atoms with van der Waals surface area (Å²) in [5, 5.41) is 11.9. The van der Waals surface area contributed by atoms with Gasteiger partial charge in [0.1, 0.15) is 6.54 Å². The van der Waals surface area contributed by atoms with E-state index in [1.165, 1.54) is 26.2 Å². The molecule has 25 heavy (non-hydrogen) atoms. The lowest BCUT2D eigenvalue weighted by Crippen LogP contribution is -2.42. The fraction of sp³-hybridized carbons (Fsp3) is 0.294. The minimum Gasteiger partial charge on any atom is -0.481 e. The first kappa shape index (κ1) is 18.2. The van der Waals surface area contributed by atoms with Crippen LogP contribution in [0.15, 0.2) is 52.2 Å². The van der Waals surface area contributed by atoms with Crippen molar-refractivity contribution in [2.45, 2.75) is 19.5 Å². The standard InChI is InChI=1S/C17H19N3O5/c1-11(16(23)24)15(12-6-4-3-5-7-12)18-13(21)10-20-9-8-14(22)19(2)17(20)25/h3-9,11,15H,10H2,1-2H3,(H,18,21)(H,23,24). The number of nitrogens with one attached hydrogen (secondary N) is 1. The first-order valence-corrected chi connectivity index (χ1v) is 7.65. The highest BCUT2D eigenvalue weighted by molar-refractivity contribution is 5.78. The summed E-state index contributed by atoms with van der Waals surface area (Å²) in [7, 11) is 1.32. The van der Waals surface area contributed by atoms with Gasteiger partial charge in [-0.15, -0.1) is 0 Å². The molecule has 1 heterocycles. The summed E-state index contributed by atoms with van der Waals surface area (Å²) < 4.78 is 1.98. The van der Waals surface area contributed by atoms with Crippen LogP contribution in [0.4, 0.5) is 0 Å². The number of aromatic nitrogens is 2. The normalized spacial score (nSPS) is 13.0. The summed E-state index contributed by atoms with van der Waals surface area (Å²) in [4.78, 5) is 47.0. The van der Waals surface area contributed by atoms with E-state index in [4.69, 9.17) is 0 Å². The number of benzene rings is 1. The average Bonchev–Trinajstić information content (AvgIpc) is 2.60. The molecule has 0 spiro atoms. The van der Waals surface area contributed by atoms with Gasteiger partial charge >= 0.3 is 11.7 Å². The maximum Gasteiger partial charge on any atom is 0.331 e. The molecule has 2 unspecified atom stereocenters. The molecule has 0 aliphatic heterocycles. The van der Waals surface area contributed by atoms with E-state index in [9.17, 15) is 24.3 Å². The van der Waals surface area contributed by atoms with Crippen molar-refractivity contribution >= 4 is 11.9 Å². The zero-order valence-corrected chi connectivity index (χ0v) is 13.9. The molecule has 2 atom stereocenters. The van der Waals surface area contributed by atoms with E-state index in [2.05, 4.69) is 5.32 Å². The van der Waals surface area contributed by atoms with Crippen LogP contribution < -0.4 is 16.6 Å². The Kier molecular flexibility index (Phi) is 5.53. The summed E-state index contributed by atoms with van der Waals surface area (Å²) in [5.41, 5.74) is -0.438. The fourth-order valence-corrected chi connectivity index (χ4v) is 2.41. The number of carbonyl (C=O) groups excluding carboxylic acids is 1. The van der Waals surface area contributed by atoms with E-state index in [1.54, 1.807) is 30.3 Å². The van der Waals surface area contributed by atoms with Crippen LogP contribution in [0.25, 0.3) is 0 Å². The number of hydrogen-bond acceptors (Lipinski definition) is 4. The van der Waals surface area contributed by atoms with Crippen molar-refractivity contribution in [2.24, 2.45) is 13.0 Å². The van der Waals surface area contributed by atoms with Crippen LogP contribution in [-0.4, -0.2) is 26.1 Å². The second-order valence-corrected chi connectivity index (χ2v) is 5.71. The molecule has 0 fully saturated rings. The van der Waals surface area contributed by atoms with Crippen molar-refractivity contribution in [3.05, 3.63) is 69.0 Å². The van der Waals surface area contributed by atoms with Gasteiger partial charge in [0.15, 0.2) is 0 Å². The largest absolute Gasteiger partial charge is 0.481 e. The molecule has 0 radical (unpaired) electrons. The molecule has 2 rings (SSSR count). The number of carbonyl (C=O) groups is 2. The molecule has 2 N–H and O–H groups in total. The number of hydrogen-bond donors (Lipinski definition) is 2. The predicted octanol–water partition coefficient (Wildman–Crippen LogP) is 0.125. The van der Waals surface area contributed by atoms with Gasteiger partial charge in [-0.25, -0.2) is 4.79 Å². The third kappa shape index (κ3) is 4.23. The maximum atomic E-state index is 12.3. The highest BCUT2D eigenvalue weighted by Gasteiger charge is 2.26. The Morgan fingerprint density at radius 2 is 1.80 bits per heavy atom. The van der Waals surface area contributed by atoms with Crippen LogP contribution in [0, 0.1) is 5.92 Å². The molecule has 0 aliphatic carbocycles. The van der Waals surface area contributed by atoms with E-state index in [0.717, 1.165) is 9.13 Å². The van der Waals surface area contributed by atoms with E-state index >= 15 is 0 Å². The molecule has 132 valence electrons. The Morgan fingerprint density at radius 3 is 2.40 bits per heavy atom. The smallest absolute Gasteiger partial charge is 0.331 e. The van der Waals surface area contributed by atoms with Gasteiger partial charge in [-0.2, -0.15) is 0 Å². The minimum atomic E-state index is -1.05.